The van der Waals surface area contributed by atoms with Crippen LogP contribution in [0.15, 0.2) is 42.5 Å². The Bertz CT molecular complexity index is 552. The van der Waals surface area contributed by atoms with Gasteiger partial charge in [-0.1, -0.05) is 36.7 Å². The van der Waals surface area contributed by atoms with Gasteiger partial charge in [-0.25, -0.2) is 8.78 Å². The SMILES string of the molecule is CCC(Nc1cc(F)cc(Cl)c1)c1ccccc1F. The minimum absolute atomic E-state index is 0.223. The summed E-state index contributed by atoms with van der Waals surface area (Å²) < 4.78 is 27.0. The maximum atomic E-state index is 13.7. The summed E-state index contributed by atoms with van der Waals surface area (Å²) in [5, 5.41) is 3.41. The molecule has 1 N–H and O–H groups in total. The van der Waals surface area contributed by atoms with Crippen LogP contribution in [0.5, 0.6) is 0 Å². The first-order valence-electron chi connectivity index (χ1n) is 6.07. The number of anilines is 1. The Morgan fingerprint density at radius 1 is 1.16 bits per heavy atom. The molecule has 0 amide bonds. The van der Waals surface area contributed by atoms with Crippen molar-refractivity contribution < 1.29 is 8.78 Å². The zero-order valence-corrected chi connectivity index (χ0v) is 11.2. The third-order valence-electron chi connectivity index (χ3n) is 2.89. The van der Waals surface area contributed by atoms with E-state index in [2.05, 4.69) is 5.32 Å². The number of hydrogen-bond acceptors (Lipinski definition) is 1. The largest absolute Gasteiger partial charge is 0.378 e. The van der Waals surface area contributed by atoms with E-state index in [0.29, 0.717) is 22.7 Å². The van der Waals surface area contributed by atoms with Crippen molar-refractivity contribution in [2.45, 2.75) is 19.4 Å². The monoisotopic (exact) mass is 281 g/mol. The summed E-state index contributed by atoms with van der Waals surface area (Å²) in [6.45, 7) is 1.94. The minimum Gasteiger partial charge on any atom is -0.378 e. The van der Waals surface area contributed by atoms with Gasteiger partial charge < -0.3 is 5.32 Å². The van der Waals surface area contributed by atoms with Gasteiger partial charge in [0.1, 0.15) is 11.6 Å². The highest BCUT2D eigenvalue weighted by atomic mass is 35.5. The lowest BCUT2D eigenvalue weighted by Gasteiger charge is -2.19. The second kappa shape index (κ2) is 6.02. The van der Waals surface area contributed by atoms with Gasteiger partial charge in [0, 0.05) is 16.3 Å². The maximum absolute atomic E-state index is 13.7. The number of benzene rings is 2. The van der Waals surface area contributed by atoms with E-state index in [9.17, 15) is 8.78 Å². The van der Waals surface area contributed by atoms with E-state index in [1.165, 1.54) is 18.2 Å². The molecule has 1 nitrogen and oxygen atoms in total. The van der Waals surface area contributed by atoms with Gasteiger partial charge in [0.05, 0.1) is 6.04 Å². The second-order valence-corrected chi connectivity index (χ2v) is 4.72. The van der Waals surface area contributed by atoms with Crippen LogP contribution in [0.3, 0.4) is 0 Å². The highest BCUT2D eigenvalue weighted by molar-refractivity contribution is 6.30. The molecule has 0 aliphatic heterocycles. The van der Waals surface area contributed by atoms with Crippen molar-refractivity contribution in [3.8, 4) is 0 Å². The first-order chi connectivity index (χ1) is 9.10. The molecular weight excluding hydrogens is 268 g/mol. The zero-order chi connectivity index (χ0) is 13.8. The first-order valence-corrected chi connectivity index (χ1v) is 6.45. The molecule has 100 valence electrons. The van der Waals surface area contributed by atoms with Gasteiger partial charge in [0.25, 0.3) is 0 Å². The smallest absolute Gasteiger partial charge is 0.128 e. The van der Waals surface area contributed by atoms with E-state index >= 15 is 0 Å². The van der Waals surface area contributed by atoms with Crippen molar-refractivity contribution in [2.24, 2.45) is 0 Å². The van der Waals surface area contributed by atoms with E-state index in [-0.39, 0.29) is 11.9 Å². The lowest BCUT2D eigenvalue weighted by atomic mass is 10.0. The van der Waals surface area contributed by atoms with E-state index in [1.54, 1.807) is 24.3 Å². The quantitative estimate of drug-likeness (QED) is 0.814. The van der Waals surface area contributed by atoms with Crippen molar-refractivity contribution in [3.05, 3.63) is 64.7 Å². The Kier molecular flexibility index (Phi) is 4.38. The molecule has 4 heteroatoms. The van der Waals surface area contributed by atoms with Crippen molar-refractivity contribution in [1.82, 2.24) is 0 Å². The van der Waals surface area contributed by atoms with Crippen molar-refractivity contribution >= 4 is 17.3 Å². The molecule has 0 aliphatic carbocycles. The molecule has 19 heavy (non-hydrogen) atoms. The Balaban J connectivity index is 2.26. The third-order valence-corrected chi connectivity index (χ3v) is 3.11. The Morgan fingerprint density at radius 2 is 1.89 bits per heavy atom. The molecule has 0 saturated heterocycles. The zero-order valence-electron chi connectivity index (χ0n) is 10.5. The normalized spacial score (nSPS) is 12.2. The van der Waals surface area contributed by atoms with E-state index in [1.807, 2.05) is 6.92 Å². The molecule has 2 rings (SSSR count). The lowest BCUT2D eigenvalue weighted by Crippen LogP contribution is -2.11. The molecule has 1 atom stereocenters. The molecule has 0 saturated carbocycles. The number of hydrogen-bond donors (Lipinski definition) is 1. The average Bonchev–Trinajstić information content (AvgIpc) is 2.36. The summed E-state index contributed by atoms with van der Waals surface area (Å²) in [6, 6.07) is 10.5. The molecule has 0 bridgehead atoms. The molecule has 1 unspecified atom stereocenters. The number of halogens is 3. The predicted molar refractivity (Wildman–Crippen MR) is 74.5 cm³/mol. The van der Waals surface area contributed by atoms with Crippen LogP contribution < -0.4 is 5.32 Å². The van der Waals surface area contributed by atoms with Gasteiger partial charge in [0.2, 0.25) is 0 Å². The third kappa shape index (κ3) is 3.44. The Morgan fingerprint density at radius 3 is 2.53 bits per heavy atom. The van der Waals surface area contributed by atoms with Crippen molar-refractivity contribution in [2.75, 3.05) is 5.32 Å². The standard InChI is InChI=1S/C15H14ClF2N/c1-2-15(13-5-3-4-6-14(13)18)19-12-8-10(16)7-11(17)9-12/h3-9,15,19H,2H2,1H3. The van der Waals surface area contributed by atoms with E-state index in [0.717, 1.165) is 0 Å². The fraction of sp³-hybridized carbons (Fsp3) is 0.200. The van der Waals surface area contributed by atoms with Crippen LogP contribution in [0.2, 0.25) is 5.02 Å². The second-order valence-electron chi connectivity index (χ2n) is 4.28. The summed E-state index contributed by atoms with van der Waals surface area (Å²) in [6.07, 6.45) is 0.676. The molecular formula is C15H14ClF2N. The van der Waals surface area contributed by atoms with E-state index < -0.39 is 5.82 Å². The van der Waals surface area contributed by atoms with Gasteiger partial charge in [0.15, 0.2) is 0 Å². The fourth-order valence-electron chi connectivity index (χ4n) is 2.00. The van der Waals surface area contributed by atoms with E-state index in [4.69, 9.17) is 11.6 Å². The molecule has 0 spiro atoms. The number of rotatable bonds is 4. The van der Waals surface area contributed by atoms with Crippen LogP contribution >= 0.6 is 11.6 Å². The topological polar surface area (TPSA) is 12.0 Å². The van der Waals surface area contributed by atoms with Crippen LogP contribution in [0.25, 0.3) is 0 Å². The Labute approximate surface area is 116 Å². The number of nitrogens with one attached hydrogen (secondary N) is 1. The molecule has 0 aromatic heterocycles. The van der Waals surface area contributed by atoms with Crippen molar-refractivity contribution in [3.63, 3.8) is 0 Å². The van der Waals surface area contributed by atoms with Crippen LogP contribution in [-0.4, -0.2) is 0 Å². The summed E-state index contributed by atoms with van der Waals surface area (Å²) in [5.41, 5.74) is 1.10. The average molecular weight is 282 g/mol. The summed E-state index contributed by atoms with van der Waals surface area (Å²) in [4.78, 5) is 0. The van der Waals surface area contributed by atoms with Gasteiger partial charge in [-0.15, -0.1) is 0 Å². The molecule has 0 aliphatic rings. The molecule has 0 heterocycles. The van der Waals surface area contributed by atoms with Crippen LogP contribution in [0.4, 0.5) is 14.5 Å². The lowest BCUT2D eigenvalue weighted by molar-refractivity contribution is 0.587. The van der Waals surface area contributed by atoms with Crippen LogP contribution in [0.1, 0.15) is 24.9 Å². The predicted octanol–water partition coefficient (Wildman–Crippen LogP) is 5.18. The minimum atomic E-state index is -0.418. The van der Waals surface area contributed by atoms with Gasteiger partial charge in [-0.3, -0.25) is 0 Å². The summed E-state index contributed by atoms with van der Waals surface area (Å²) in [7, 11) is 0. The van der Waals surface area contributed by atoms with Gasteiger partial charge in [-0.05, 0) is 30.7 Å². The van der Waals surface area contributed by atoms with Crippen LogP contribution in [0, 0.1) is 11.6 Å². The highest BCUT2D eigenvalue weighted by Gasteiger charge is 2.13. The Hall–Kier alpha value is -1.61. The molecule has 2 aromatic carbocycles. The summed E-state index contributed by atoms with van der Waals surface area (Å²) >= 11 is 5.80. The fourth-order valence-corrected chi connectivity index (χ4v) is 2.22. The molecule has 0 fully saturated rings. The van der Waals surface area contributed by atoms with Gasteiger partial charge >= 0.3 is 0 Å². The summed E-state index contributed by atoms with van der Waals surface area (Å²) in [5.74, 6) is -0.692. The van der Waals surface area contributed by atoms with Crippen molar-refractivity contribution in [1.29, 1.82) is 0 Å². The molecule has 2 aromatic rings. The first kappa shape index (κ1) is 13.8. The van der Waals surface area contributed by atoms with Crippen LogP contribution in [-0.2, 0) is 0 Å². The van der Waals surface area contributed by atoms with Gasteiger partial charge in [-0.2, -0.15) is 0 Å². The maximum Gasteiger partial charge on any atom is 0.128 e. The highest BCUT2D eigenvalue weighted by Crippen LogP contribution is 2.26. The molecule has 0 radical (unpaired) electrons.